The summed E-state index contributed by atoms with van der Waals surface area (Å²) in [5.74, 6) is 2.46. The van der Waals surface area contributed by atoms with Crippen molar-refractivity contribution < 1.29 is 4.52 Å². The van der Waals surface area contributed by atoms with Crippen LogP contribution in [0, 0.1) is 6.92 Å². The second-order valence-corrected chi connectivity index (χ2v) is 9.22. The number of H-pyrrole nitrogens is 1. The Hall–Kier alpha value is -3.69. The Morgan fingerprint density at radius 1 is 1.06 bits per heavy atom. The van der Waals surface area contributed by atoms with Gasteiger partial charge in [0, 0.05) is 28.0 Å². The van der Waals surface area contributed by atoms with Crippen molar-refractivity contribution >= 4 is 34.0 Å². The van der Waals surface area contributed by atoms with Gasteiger partial charge in [-0.1, -0.05) is 53.3 Å². The highest BCUT2D eigenvalue weighted by Gasteiger charge is 2.20. The van der Waals surface area contributed by atoms with Crippen molar-refractivity contribution in [2.45, 2.75) is 17.8 Å². The molecule has 2 aromatic carbocycles. The van der Waals surface area contributed by atoms with E-state index in [2.05, 4.69) is 61.1 Å². The highest BCUT2D eigenvalue weighted by Crippen LogP contribution is 2.34. The van der Waals surface area contributed by atoms with E-state index in [1.165, 1.54) is 11.8 Å². The van der Waals surface area contributed by atoms with Gasteiger partial charge in [-0.15, -0.1) is 10.2 Å². The molecule has 0 amide bonds. The number of nitrogens with one attached hydrogen (secondary N) is 1. The number of nitrogens with zero attached hydrogens (tertiary/aromatic N) is 5. The molecule has 6 aromatic rings. The van der Waals surface area contributed by atoms with Crippen molar-refractivity contribution in [2.75, 3.05) is 0 Å². The minimum atomic E-state index is 0.519. The number of aryl methyl sites for hydroxylation is 1. The molecule has 0 radical (unpaired) electrons. The second-order valence-electron chi connectivity index (χ2n) is 7.49. The largest absolute Gasteiger partial charge is 0.360 e. The van der Waals surface area contributed by atoms with Crippen molar-refractivity contribution in [3.8, 4) is 28.5 Å². The van der Waals surface area contributed by atoms with Gasteiger partial charge in [-0.25, -0.2) is 0 Å². The first kappa shape index (κ1) is 20.0. The van der Waals surface area contributed by atoms with E-state index in [9.17, 15) is 0 Å². The number of rotatable bonds is 6. The Morgan fingerprint density at radius 3 is 2.82 bits per heavy atom. The van der Waals surface area contributed by atoms with E-state index in [-0.39, 0.29) is 0 Å². The Balaban J connectivity index is 1.39. The Kier molecular flexibility index (Phi) is 5.04. The predicted molar refractivity (Wildman–Crippen MR) is 131 cm³/mol. The summed E-state index contributed by atoms with van der Waals surface area (Å²) < 4.78 is 7.54. The fourth-order valence-electron chi connectivity index (χ4n) is 3.77. The van der Waals surface area contributed by atoms with Gasteiger partial charge in [0.15, 0.2) is 16.8 Å². The SMILES string of the molecule is Cc1ccccc1-n1c(SCc2noc(-c3ccsc3)n2)nnc1-c1c[nH]c2ccccc12. The molecular weight excluding hydrogens is 452 g/mol. The first-order valence-electron chi connectivity index (χ1n) is 10.3. The van der Waals surface area contributed by atoms with Gasteiger partial charge in [0.2, 0.25) is 0 Å². The summed E-state index contributed by atoms with van der Waals surface area (Å²) in [6, 6.07) is 18.4. The quantitative estimate of drug-likeness (QED) is 0.295. The highest BCUT2D eigenvalue weighted by molar-refractivity contribution is 7.98. The monoisotopic (exact) mass is 470 g/mol. The smallest absolute Gasteiger partial charge is 0.258 e. The lowest BCUT2D eigenvalue weighted by atomic mass is 10.1. The molecule has 0 saturated carbocycles. The van der Waals surface area contributed by atoms with Crippen LogP contribution in [0.4, 0.5) is 0 Å². The van der Waals surface area contributed by atoms with Gasteiger partial charge in [-0.2, -0.15) is 16.3 Å². The van der Waals surface area contributed by atoms with Gasteiger partial charge in [-0.3, -0.25) is 4.57 Å². The Bertz CT molecular complexity index is 1550. The molecule has 6 rings (SSSR count). The number of thioether (sulfide) groups is 1. The van der Waals surface area contributed by atoms with E-state index in [4.69, 9.17) is 4.52 Å². The van der Waals surface area contributed by atoms with Crippen molar-refractivity contribution in [3.05, 3.63) is 82.9 Å². The van der Waals surface area contributed by atoms with E-state index >= 15 is 0 Å². The average molecular weight is 471 g/mol. The van der Waals surface area contributed by atoms with Crippen LogP contribution in [0.15, 0.2) is 81.2 Å². The van der Waals surface area contributed by atoms with Crippen LogP contribution >= 0.6 is 23.1 Å². The first-order chi connectivity index (χ1) is 16.3. The highest BCUT2D eigenvalue weighted by atomic mass is 32.2. The van der Waals surface area contributed by atoms with Gasteiger partial charge in [0.1, 0.15) is 0 Å². The van der Waals surface area contributed by atoms with E-state index in [0.717, 1.165) is 44.3 Å². The zero-order valence-corrected chi connectivity index (χ0v) is 19.2. The average Bonchev–Trinajstić information content (AvgIpc) is 3.64. The summed E-state index contributed by atoms with van der Waals surface area (Å²) >= 11 is 3.13. The Morgan fingerprint density at radius 2 is 1.94 bits per heavy atom. The number of aromatic nitrogens is 6. The lowest BCUT2D eigenvalue weighted by Gasteiger charge is -2.12. The van der Waals surface area contributed by atoms with Gasteiger partial charge in [0.05, 0.1) is 17.0 Å². The molecule has 9 heteroatoms. The van der Waals surface area contributed by atoms with Crippen LogP contribution in [0.5, 0.6) is 0 Å². The number of hydrogen-bond acceptors (Lipinski definition) is 7. The van der Waals surface area contributed by atoms with Crippen LogP contribution in [0.25, 0.3) is 39.4 Å². The summed E-state index contributed by atoms with van der Waals surface area (Å²) in [5.41, 5.74) is 5.19. The van der Waals surface area contributed by atoms with Gasteiger partial charge in [-0.05, 0) is 36.1 Å². The predicted octanol–water partition coefficient (Wildman–Crippen LogP) is 6.13. The number of fused-ring (bicyclic) bond motifs is 1. The molecule has 0 fully saturated rings. The van der Waals surface area contributed by atoms with Gasteiger partial charge < -0.3 is 9.51 Å². The minimum Gasteiger partial charge on any atom is -0.360 e. The van der Waals surface area contributed by atoms with Crippen molar-refractivity contribution in [2.24, 2.45) is 0 Å². The lowest BCUT2D eigenvalue weighted by molar-refractivity contribution is 0.425. The van der Waals surface area contributed by atoms with Crippen molar-refractivity contribution in [1.29, 1.82) is 0 Å². The van der Waals surface area contributed by atoms with E-state index in [1.54, 1.807) is 11.3 Å². The molecule has 0 saturated heterocycles. The molecule has 0 aliphatic heterocycles. The third-order valence-corrected chi connectivity index (χ3v) is 6.99. The molecule has 0 aliphatic carbocycles. The van der Waals surface area contributed by atoms with Crippen LogP contribution in [0.2, 0.25) is 0 Å². The maximum Gasteiger partial charge on any atom is 0.258 e. The van der Waals surface area contributed by atoms with Crippen LogP contribution < -0.4 is 0 Å². The summed E-state index contributed by atoms with van der Waals surface area (Å²) in [7, 11) is 0. The zero-order chi connectivity index (χ0) is 22.2. The summed E-state index contributed by atoms with van der Waals surface area (Å²) in [6.07, 6.45) is 1.99. The maximum absolute atomic E-state index is 5.43. The lowest BCUT2D eigenvalue weighted by Crippen LogP contribution is -2.02. The number of hydrogen-bond donors (Lipinski definition) is 1. The molecule has 0 spiro atoms. The van der Waals surface area contributed by atoms with E-state index in [1.807, 2.05) is 47.3 Å². The van der Waals surface area contributed by atoms with Crippen molar-refractivity contribution in [1.82, 2.24) is 29.9 Å². The van der Waals surface area contributed by atoms with Gasteiger partial charge >= 0.3 is 0 Å². The fourth-order valence-corrected chi connectivity index (χ4v) is 5.19. The number of benzene rings is 2. The molecule has 162 valence electrons. The van der Waals surface area contributed by atoms with Crippen LogP contribution in [-0.4, -0.2) is 29.9 Å². The van der Waals surface area contributed by atoms with Crippen molar-refractivity contribution in [3.63, 3.8) is 0 Å². The van der Waals surface area contributed by atoms with Crippen LogP contribution in [0.3, 0.4) is 0 Å². The third kappa shape index (κ3) is 3.65. The van der Waals surface area contributed by atoms with Crippen LogP contribution in [-0.2, 0) is 5.75 Å². The second kappa shape index (κ2) is 8.34. The molecule has 0 atom stereocenters. The molecule has 0 bridgehead atoms. The fraction of sp³-hybridized carbons (Fsp3) is 0.0833. The van der Waals surface area contributed by atoms with Gasteiger partial charge in [0.25, 0.3) is 5.89 Å². The summed E-state index contributed by atoms with van der Waals surface area (Å²) in [6.45, 7) is 2.09. The number of thiophene rings is 1. The van der Waals surface area contributed by atoms with Crippen LogP contribution in [0.1, 0.15) is 11.4 Å². The summed E-state index contributed by atoms with van der Waals surface area (Å²) in [4.78, 5) is 7.87. The third-order valence-electron chi connectivity index (χ3n) is 5.39. The molecule has 0 aliphatic rings. The molecular formula is C24H18N6OS2. The number of para-hydroxylation sites is 2. The van der Waals surface area contributed by atoms with E-state index < -0.39 is 0 Å². The number of aromatic amines is 1. The molecule has 7 nitrogen and oxygen atoms in total. The molecule has 1 N–H and O–H groups in total. The molecule has 0 unspecified atom stereocenters. The summed E-state index contributed by atoms with van der Waals surface area (Å²) in [5, 5.41) is 19.1. The zero-order valence-electron chi connectivity index (χ0n) is 17.6. The molecule has 4 aromatic heterocycles. The Labute approximate surface area is 197 Å². The minimum absolute atomic E-state index is 0.519. The maximum atomic E-state index is 5.43. The molecule has 4 heterocycles. The van der Waals surface area contributed by atoms with E-state index in [0.29, 0.717) is 17.5 Å². The standard InChI is InChI=1S/C24H18N6OS2/c1-15-6-2-5-9-20(15)30-22(18-12-25-19-8-4-3-7-17(18)19)27-28-24(30)33-14-21-26-23(31-29-21)16-10-11-32-13-16/h2-13,25H,14H2,1H3. The normalized spacial score (nSPS) is 11.4. The molecule has 33 heavy (non-hydrogen) atoms. The first-order valence-corrected chi connectivity index (χ1v) is 12.3. The topological polar surface area (TPSA) is 85.4 Å².